The van der Waals surface area contributed by atoms with E-state index in [1.165, 1.54) is 0 Å². The summed E-state index contributed by atoms with van der Waals surface area (Å²) in [7, 11) is 0. The Kier molecular flexibility index (Phi) is 3.66. The largest absolute Gasteiger partial charge is 0.460 e. The van der Waals surface area contributed by atoms with E-state index in [0.29, 0.717) is 35.7 Å². The summed E-state index contributed by atoms with van der Waals surface area (Å²) in [6, 6.07) is 15.4. The molecule has 25 heavy (non-hydrogen) atoms. The number of ketones is 1. The van der Waals surface area contributed by atoms with Crippen molar-refractivity contribution in [3.8, 4) is 17.4 Å². The molecule has 1 aromatic heterocycles. The number of benzene rings is 1. The van der Waals surface area contributed by atoms with Gasteiger partial charge in [0, 0.05) is 24.0 Å². The Balaban J connectivity index is 1.82. The minimum Gasteiger partial charge on any atom is -0.460 e. The number of ether oxygens (including phenoxy) is 1. The van der Waals surface area contributed by atoms with E-state index in [4.69, 9.17) is 14.9 Å². The van der Waals surface area contributed by atoms with Crippen LogP contribution in [0.1, 0.15) is 30.9 Å². The summed E-state index contributed by atoms with van der Waals surface area (Å²) in [5.41, 5.74) is 7.60. The van der Waals surface area contributed by atoms with Crippen LogP contribution in [0.2, 0.25) is 0 Å². The predicted molar refractivity (Wildman–Crippen MR) is 90.7 cm³/mol. The Morgan fingerprint density at radius 2 is 1.92 bits per heavy atom. The van der Waals surface area contributed by atoms with Crippen molar-refractivity contribution in [3.63, 3.8) is 0 Å². The lowest BCUT2D eigenvalue weighted by Crippen LogP contribution is -2.27. The summed E-state index contributed by atoms with van der Waals surface area (Å²) in [5.74, 6) is 1.23. The van der Waals surface area contributed by atoms with Gasteiger partial charge in [0.1, 0.15) is 28.9 Å². The maximum absolute atomic E-state index is 12.5. The number of nitrogens with two attached hydrogens (primary N) is 1. The van der Waals surface area contributed by atoms with Crippen molar-refractivity contribution < 1.29 is 13.9 Å². The van der Waals surface area contributed by atoms with Crippen LogP contribution in [0.25, 0.3) is 11.3 Å². The second-order valence-corrected chi connectivity index (χ2v) is 6.11. The molecule has 0 unspecified atom stereocenters. The fourth-order valence-corrected chi connectivity index (χ4v) is 3.41. The molecule has 4 rings (SSSR count). The van der Waals surface area contributed by atoms with Gasteiger partial charge in [-0.2, -0.15) is 5.26 Å². The van der Waals surface area contributed by atoms with Crippen LogP contribution >= 0.6 is 0 Å². The van der Waals surface area contributed by atoms with Gasteiger partial charge in [0.15, 0.2) is 5.78 Å². The standard InChI is InChI=1S/C20H16N2O3/c21-11-13-18(19-14(23)7-4-8-16(19)25-20(13)22)17-10-9-15(24-17)12-5-2-1-3-6-12/h1-3,5-6,9-10,18H,4,7-8,22H2/t18-/m0/s1. The monoisotopic (exact) mass is 332 g/mol. The third-order valence-corrected chi connectivity index (χ3v) is 4.57. The third kappa shape index (κ3) is 2.52. The van der Waals surface area contributed by atoms with Gasteiger partial charge in [-0.25, -0.2) is 0 Å². The van der Waals surface area contributed by atoms with E-state index < -0.39 is 5.92 Å². The minimum absolute atomic E-state index is 0.0100. The molecule has 2 aromatic rings. The first-order valence-corrected chi connectivity index (χ1v) is 8.18. The molecule has 2 heterocycles. The molecule has 2 N–H and O–H groups in total. The predicted octanol–water partition coefficient (Wildman–Crippen LogP) is 3.76. The van der Waals surface area contributed by atoms with Gasteiger partial charge in [-0.1, -0.05) is 30.3 Å². The first-order valence-electron chi connectivity index (χ1n) is 8.18. The van der Waals surface area contributed by atoms with Gasteiger partial charge < -0.3 is 14.9 Å². The van der Waals surface area contributed by atoms with Gasteiger partial charge in [0.05, 0.1) is 5.92 Å². The lowest BCUT2D eigenvalue weighted by atomic mass is 9.80. The Morgan fingerprint density at radius 3 is 2.68 bits per heavy atom. The quantitative estimate of drug-likeness (QED) is 0.904. The van der Waals surface area contributed by atoms with Crippen LogP contribution in [0.3, 0.4) is 0 Å². The van der Waals surface area contributed by atoms with E-state index in [1.807, 2.05) is 36.4 Å². The zero-order valence-corrected chi connectivity index (χ0v) is 13.5. The lowest BCUT2D eigenvalue weighted by Gasteiger charge is -2.29. The summed E-state index contributed by atoms with van der Waals surface area (Å²) in [5, 5.41) is 9.55. The third-order valence-electron chi connectivity index (χ3n) is 4.57. The van der Waals surface area contributed by atoms with Gasteiger partial charge in [-0.3, -0.25) is 4.79 Å². The van der Waals surface area contributed by atoms with Gasteiger partial charge in [0.25, 0.3) is 0 Å². The number of carbonyl (C=O) groups is 1. The molecular formula is C20H16N2O3. The number of allylic oxidation sites excluding steroid dienone is 3. The molecule has 0 fully saturated rings. The van der Waals surface area contributed by atoms with E-state index in [2.05, 4.69) is 6.07 Å². The maximum Gasteiger partial charge on any atom is 0.205 e. The molecule has 2 aliphatic rings. The number of Topliss-reactive ketones (excluding diaryl/α,β-unsaturated/α-hetero) is 1. The molecule has 0 bridgehead atoms. The van der Waals surface area contributed by atoms with E-state index in [0.717, 1.165) is 12.0 Å². The van der Waals surface area contributed by atoms with Gasteiger partial charge in [0.2, 0.25) is 5.88 Å². The molecule has 5 heteroatoms. The second kappa shape index (κ2) is 5.99. The highest BCUT2D eigenvalue weighted by atomic mass is 16.5. The van der Waals surface area contributed by atoms with Crippen molar-refractivity contribution >= 4 is 5.78 Å². The fourth-order valence-electron chi connectivity index (χ4n) is 3.41. The SMILES string of the molecule is N#CC1=C(N)OC2=C(C(=O)CCC2)[C@@H]1c1ccc(-c2ccccc2)o1. The first-order chi connectivity index (χ1) is 12.2. The normalized spacial score (nSPS) is 20.1. The Labute approximate surface area is 145 Å². The van der Waals surface area contributed by atoms with Crippen LogP contribution in [0.5, 0.6) is 0 Å². The van der Waals surface area contributed by atoms with E-state index in [-0.39, 0.29) is 17.2 Å². The summed E-state index contributed by atoms with van der Waals surface area (Å²) in [6.45, 7) is 0. The molecule has 0 saturated carbocycles. The van der Waals surface area contributed by atoms with Crippen LogP contribution in [-0.2, 0) is 9.53 Å². The number of nitriles is 1. The molecule has 1 aliphatic heterocycles. The molecule has 0 radical (unpaired) electrons. The van der Waals surface area contributed by atoms with Crippen LogP contribution < -0.4 is 5.73 Å². The van der Waals surface area contributed by atoms with Crippen molar-refractivity contribution in [2.75, 3.05) is 0 Å². The molecule has 1 aromatic carbocycles. The number of nitrogens with zero attached hydrogens (tertiary/aromatic N) is 1. The molecule has 1 aliphatic carbocycles. The van der Waals surface area contributed by atoms with Crippen LogP contribution in [0.4, 0.5) is 0 Å². The Morgan fingerprint density at radius 1 is 1.12 bits per heavy atom. The van der Waals surface area contributed by atoms with E-state index in [1.54, 1.807) is 6.07 Å². The van der Waals surface area contributed by atoms with Crippen molar-refractivity contribution in [1.82, 2.24) is 0 Å². The molecule has 0 spiro atoms. The number of hydrogen-bond acceptors (Lipinski definition) is 5. The zero-order chi connectivity index (χ0) is 17.4. The lowest BCUT2D eigenvalue weighted by molar-refractivity contribution is -0.116. The average molecular weight is 332 g/mol. The topological polar surface area (TPSA) is 89.3 Å². The van der Waals surface area contributed by atoms with Gasteiger partial charge in [-0.15, -0.1) is 0 Å². The number of furan rings is 1. The number of carbonyl (C=O) groups excluding carboxylic acids is 1. The smallest absolute Gasteiger partial charge is 0.205 e. The highest BCUT2D eigenvalue weighted by Crippen LogP contribution is 2.44. The highest BCUT2D eigenvalue weighted by Gasteiger charge is 2.39. The second-order valence-electron chi connectivity index (χ2n) is 6.11. The fraction of sp³-hybridized carbons (Fsp3) is 0.200. The zero-order valence-electron chi connectivity index (χ0n) is 13.5. The highest BCUT2D eigenvalue weighted by molar-refractivity contribution is 5.99. The Hall–Kier alpha value is -3.26. The average Bonchev–Trinajstić information content (AvgIpc) is 3.11. The van der Waals surface area contributed by atoms with Crippen LogP contribution in [-0.4, -0.2) is 5.78 Å². The number of rotatable bonds is 2. The maximum atomic E-state index is 12.5. The summed E-state index contributed by atoms with van der Waals surface area (Å²) in [6.07, 6.45) is 1.82. The van der Waals surface area contributed by atoms with Gasteiger partial charge >= 0.3 is 0 Å². The summed E-state index contributed by atoms with van der Waals surface area (Å²) in [4.78, 5) is 12.5. The van der Waals surface area contributed by atoms with Crippen molar-refractivity contribution in [3.05, 3.63) is 71.0 Å². The van der Waals surface area contributed by atoms with Gasteiger partial charge in [-0.05, 0) is 18.6 Å². The first kappa shape index (κ1) is 15.3. The minimum atomic E-state index is -0.598. The summed E-state index contributed by atoms with van der Waals surface area (Å²) >= 11 is 0. The van der Waals surface area contributed by atoms with Crippen molar-refractivity contribution in [2.24, 2.45) is 5.73 Å². The number of hydrogen-bond donors (Lipinski definition) is 1. The Bertz CT molecular complexity index is 945. The van der Waals surface area contributed by atoms with E-state index in [9.17, 15) is 10.1 Å². The molecule has 0 saturated heterocycles. The molecular weight excluding hydrogens is 316 g/mol. The summed E-state index contributed by atoms with van der Waals surface area (Å²) < 4.78 is 11.6. The molecule has 5 nitrogen and oxygen atoms in total. The van der Waals surface area contributed by atoms with Crippen molar-refractivity contribution in [1.29, 1.82) is 5.26 Å². The molecule has 1 atom stereocenters. The van der Waals surface area contributed by atoms with E-state index >= 15 is 0 Å². The van der Waals surface area contributed by atoms with Crippen LogP contribution in [0.15, 0.2) is 69.7 Å². The molecule has 0 amide bonds. The van der Waals surface area contributed by atoms with Crippen LogP contribution in [0, 0.1) is 11.3 Å². The van der Waals surface area contributed by atoms with Crippen molar-refractivity contribution in [2.45, 2.75) is 25.2 Å². The molecule has 124 valence electrons.